The van der Waals surface area contributed by atoms with Gasteiger partial charge in [0.15, 0.2) is 11.5 Å². The summed E-state index contributed by atoms with van der Waals surface area (Å²) >= 11 is 1.80. The van der Waals surface area contributed by atoms with Gasteiger partial charge in [0, 0.05) is 25.3 Å². The molecule has 6 heteroatoms. The second kappa shape index (κ2) is 7.74. The molecule has 0 radical (unpaired) electrons. The van der Waals surface area contributed by atoms with Crippen LogP contribution in [0.25, 0.3) is 0 Å². The Morgan fingerprint density at radius 2 is 2.00 bits per heavy atom. The Morgan fingerprint density at radius 1 is 1.27 bits per heavy atom. The summed E-state index contributed by atoms with van der Waals surface area (Å²) < 4.78 is 10.7. The normalized spacial score (nSPS) is 18.7. The predicted molar refractivity (Wildman–Crippen MR) is 89.6 cm³/mol. The number of amides is 1. The highest BCUT2D eigenvalue weighted by Crippen LogP contribution is 2.40. The first-order valence-corrected chi connectivity index (χ1v) is 8.39. The van der Waals surface area contributed by atoms with Crippen molar-refractivity contribution in [2.45, 2.75) is 11.8 Å². The van der Waals surface area contributed by atoms with Gasteiger partial charge in [-0.3, -0.25) is 4.79 Å². The number of carbonyl (C=O) groups is 1. The van der Waals surface area contributed by atoms with Crippen molar-refractivity contribution in [3.05, 3.63) is 23.8 Å². The first-order chi connectivity index (χ1) is 10.6. The van der Waals surface area contributed by atoms with E-state index in [1.54, 1.807) is 26.0 Å². The topological polar surface area (TPSA) is 42.0 Å². The summed E-state index contributed by atoms with van der Waals surface area (Å²) in [6.45, 7) is 1.59. The maximum atomic E-state index is 12.3. The Bertz CT molecular complexity index is 522. The van der Waals surface area contributed by atoms with Crippen molar-refractivity contribution in [3.63, 3.8) is 0 Å². The maximum Gasteiger partial charge on any atom is 0.224 e. The number of benzene rings is 1. The molecule has 0 N–H and O–H groups in total. The lowest BCUT2D eigenvalue weighted by Crippen LogP contribution is -2.41. The Hall–Kier alpha value is -1.40. The van der Waals surface area contributed by atoms with Crippen molar-refractivity contribution in [1.82, 2.24) is 9.80 Å². The molecular weight excluding hydrogens is 300 g/mol. The van der Waals surface area contributed by atoms with Gasteiger partial charge in [-0.2, -0.15) is 0 Å². The van der Waals surface area contributed by atoms with Crippen LogP contribution in [-0.4, -0.2) is 62.9 Å². The lowest BCUT2D eigenvalue weighted by molar-refractivity contribution is -0.132. The minimum atomic E-state index is 0.0426. The van der Waals surface area contributed by atoms with Gasteiger partial charge in [0.25, 0.3) is 0 Å². The zero-order valence-electron chi connectivity index (χ0n) is 13.7. The molecule has 0 saturated carbocycles. The van der Waals surface area contributed by atoms with E-state index in [0.29, 0.717) is 17.9 Å². The summed E-state index contributed by atoms with van der Waals surface area (Å²) in [4.78, 5) is 16.4. The highest BCUT2D eigenvalue weighted by atomic mass is 32.2. The van der Waals surface area contributed by atoms with E-state index in [2.05, 4.69) is 4.90 Å². The maximum absolute atomic E-state index is 12.3. The van der Waals surface area contributed by atoms with E-state index in [1.807, 2.05) is 37.2 Å². The molecular formula is C16H24N2O3S. The summed E-state index contributed by atoms with van der Waals surface area (Å²) in [6, 6.07) is 5.88. The molecule has 1 heterocycles. The molecule has 1 saturated heterocycles. The number of hydrogen-bond donors (Lipinski definition) is 0. The fraction of sp³-hybridized carbons (Fsp3) is 0.562. The molecule has 1 amide bonds. The van der Waals surface area contributed by atoms with Gasteiger partial charge in [0.1, 0.15) is 5.37 Å². The van der Waals surface area contributed by atoms with Gasteiger partial charge < -0.3 is 19.3 Å². The fourth-order valence-electron chi connectivity index (χ4n) is 2.45. The molecule has 1 aromatic carbocycles. The average Bonchev–Trinajstić information content (AvgIpc) is 2.52. The van der Waals surface area contributed by atoms with Crippen LogP contribution in [0, 0.1) is 0 Å². The number of rotatable bonds is 6. The lowest BCUT2D eigenvalue weighted by Gasteiger charge is -2.36. The van der Waals surface area contributed by atoms with Crippen LogP contribution in [0.3, 0.4) is 0 Å². The molecule has 1 aromatic rings. The largest absolute Gasteiger partial charge is 0.493 e. The summed E-state index contributed by atoms with van der Waals surface area (Å²) in [5.74, 6) is 2.49. The quantitative estimate of drug-likeness (QED) is 0.803. The summed E-state index contributed by atoms with van der Waals surface area (Å²) in [5.41, 5.74) is 1.08. The van der Waals surface area contributed by atoms with E-state index in [9.17, 15) is 4.79 Å². The van der Waals surface area contributed by atoms with Crippen LogP contribution in [0.15, 0.2) is 18.2 Å². The van der Waals surface area contributed by atoms with Crippen LogP contribution in [0.4, 0.5) is 0 Å². The van der Waals surface area contributed by atoms with Crippen LogP contribution >= 0.6 is 11.8 Å². The van der Waals surface area contributed by atoms with Crippen LogP contribution in [0.2, 0.25) is 0 Å². The van der Waals surface area contributed by atoms with E-state index in [0.717, 1.165) is 24.4 Å². The number of carbonyl (C=O) groups excluding carboxylic acids is 1. The Balaban J connectivity index is 2.24. The molecule has 5 nitrogen and oxygen atoms in total. The number of hydrogen-bond acceptors (Lipinski definition) is 5. The first-order valence-electron chi connectivity index (χ1n) is 7.34. The van der Waals surface area contributed by atoms with Crippen molar-refractivity contribution in [2.24, 2.45) is 0 Å². The summed E-state index contributed by atoms with van der Waals surface area (Å²) in [7, 11) is 7.30. The molecule has 0 bridgehead atoms. The van der Waals surface area contributed by atoms with Gasteiger partial charge >= 0.3 is 0 Å². The van der Waals surface area contributed by atoms with Gasteiger partial charge in [0.05, 0.1) is 14.2 Å². The van der Waals surface area contributed by atoms with E-state index in [4.69, 9.17) is 9.47 Å². The van der Waals surface area contributed by atoms with Crippen molar-refractivity contribution in [1.29, 1.82) is 0 Å². The number of methoxy groups -OCH3 is 2. The summed E-state index contributed by atoms with van der Waals surface area (Å²) in [6.07, 6.45) is 0.613. The van der Waals surface area contributed by atoms with E-state index in [-0.39, 0.29) is 11.3 Å². The average molecular weight is 324 g/mol. The molecule has 1 aliphatic heterocycles. The van der Waals surface area contributed by atoms with Crippen molar-refractivity contribution >= 4 is 17.7 Å². The zero-order chi connectivity index (χ0) is 16.1. The van der Waals surface area contributed by atoms with Gasteiger partial charge in [0.2, 0.25) is 5.91 Å². The lowest BCUT2D eigenvalue weighted by atomic mass is 10.1. The van der Waals surface area contributed by atoms with Crippen LogP contribution < -0.4 is 9.47 Å². The second-order valence-electron chi connectivity index (χ2n) is 5.48. The molecule has 0 aromatic heterocycles. The second-order valence-corrected chi connectivity index (χ2v) is 6.67. The van der Waals surface area contributed by atoms with Crippen molar-refractivity contribution < 1.29 is 14.3 Å². The fourth-order valence-corrected chi connectivity index (χ4v) is 3.71. The first kappa shape index (κ1) is 17.0. The monoisotopic (exact) mass is 324 g/mol. The molecule has 0 spiro atoms. The van der Waals surface area contributed by atoms with E-state index >= 15 is 0 Å². The predicted octanol–water partition coefficient (Wildman–Crippen LogP) is 2.23. The standard InChI is InChI=1S/C16H24N2O3S/c1-17(2)8-9-18-15(19)7-10-22-16(18)12-5-6-13(20-3)14(11-12)21-4/h5-6,11,16H,7-10H2,1-4H3. The zero-order valence-corrected chi connectivity index (χ0v) is 14.5. The van der Waals surface area contributed by atoms with Crippen LogP contribution in [0.1, 0.15) is 17.4 Å². The van der Waals surface area contributed by atoms with Crippen molar-refractivity contribution in [3.8, 4) is 11.5 Å². The van der Waals surface area contributed by atoms with Gasteiger partial charge in [-0.1, -0.05) is 6.07 Å². The molecule has 1 unspecified atom stereocenters. The van der Waals surface area contributed by atoms with Gasteiger partial charge in [-0.05, 0) is 31.8 Å². The van der Waals surface area contributed by atoms with Crippen LogP contribution in [-0.2, 0) is 4.79 Å². The highest BCUT2D eigenvalue weighted by Gasteiger charge is 2.30. The molecule has 0 aliphatic carbocycles. The number of likely N-dealkylation sites (N-methyl/N-ethyl adjacent to an activating group) is 1. The molecule has 1 atom stereocenters. The van der Waals surface area contributed by atoms with E-state index in [1.165, 1.54) is 0 Å². The van der Waals surface area contributed by atoms with Gasteiger partial charge in [-0.25, -0.2) is 0 Å². The molecule has 1 fully saturated rings. The molecule has 22 heavy (non-hydrogen) atoms. The number of thioether (sulfide) groups is 1. The third-order valence-electron chi connectivity index (χ3n) is 3.68. The van der Waals surface area contributed by atoms with E-state index < -0.39 is 0 Å². The SMILES string of the molecule is COc1ccc(C2SCCC(=O)N2CCN(C)C)cc1OC. The Morgan fingerprint density at radius 3 is 2.64 bits per heavy atom. The number of ether oxygens (including phenoxy) is 2. The van der Waals surface area contributed by atoms with Crippen LogP contribution in [0.5, 0.6) is 11.5 Å². The summed E-state index contributed by atoms with van der Waals surface area (Å²) in [5, 5.41) is 0.0426. The Labute approximate surface area is 136 Å². The number of nitrogens with zero attached hydrogens (tertiary/aromatic N) is 2. The smallest absolute Gasteiger partial charge is 0.224 e. The minimum absolute atomic E-state index is 0.0426. The molecule has 2 rings (SSSR count). The highest BCUT2D eigenvalue weighted by molar-refractivity contribution is 7.99. The van der Waals surface area contributed by atoms with Gasteiger partial charge in [-0.15, -0.1) is 11.8 Å². The minimum Gasteiger partial charge on any atom is -0.493 e. The molecule has 122 valence electrons. The molecule has 1 aliphatic rings. The third-order valence-corrected chi connectivity index (χ3v) is 4.96. The third kappa shape index (κ3) is 3.87. The Kier molecular flexibility index (Phi) is 5.97. The van der Waals surface area contributed by atoms with Crippen molar-refractivity contribution in [2.75, 3.05) is 47.2 Å².